The lowest BCUT2D eigenvalue weighted by Gasteiger charge is -2.18. The van der Waals surface area contributed by atoms with E-state index in [1.807, 2.05) is 30.3 Å². The van der Waals surface area contributed by atoms with E-state index in [1.54, 1.807) is 43.3 Å². The molecule has 0 spiro atoms. The van der Waals surface area contributed by atoms with Gasteiger partial charge in [0.15, 0.2) is 17.3 Å². The van der Waals surface area contributed by atoms with Crippen molar-refractivity contribution in [1.82, 2.24) is 14.5 Å². The number of ether oxygens (including phenoxy) is 2. The van der Waals surface area contributed by atoms with Crippen molar-refractivity contribution < 1.29 is 26.7 Å². The fourth-order valence-corrected chi connectivity index (χ4v) is 6.65. The Balaban J connectivity index is 1.27. The zero-order chi connectivity index (χ0) is 31.6. The van der Waals surface area contributed by atoms with E-state index in [-0.39, 0.29) is 48.5 Å². The molecule has 0 bridgehead atoms. The van der Waals surface area contributed by atoms with Crippen molar-refractivity contribution >= 4 is 9.84 Å². The molecule has 1 aliphatic rings. The highest BCUT2D eigenvalue weighted by Gasteiger charge is 2.24. The normalized spacial score (nSPS) is 13.1. The highest BCUT2D eigenvalue weighted by atomic mass is 32.2. The Morgan fingerprint density at radius 3 is 2.44 bits per heavy atom. The summed E-state index contributed by atoms with van der Waals surface area (Å²) >= 11 is 0. The number of fused-ring (bicyclic) bond motifs is 1. The van der Waals surface area contributed by atoms with Gasteiger partial charge in [-0.15, -0.1) is 0 Å². The number of hydrogen-bond acceptors (Lipinski definition) is 7. The molecule has 1 atom stereocenters. The first-order valence-corrected chi connectivity index (χ1v) is 16.0. The number of sulfone groups is 1. The molecule has 0 aliphatic carbocycles. The number of halogens is 2. The van der Waals surface area contributed by atoms with Crippen LogP contribution in [-0.2, 0) is 22.8 Å². The first kappa shape index (κ1) is 30.1. The summed E-state index contributed by atoms with van der Waals surface area (Å²) in [6.45, 7) is 1.76. The third kappa shape index (κ3) is 6.78. The topological polar surface area (TPSA) is 100 Å². The summed E-state index contributed by atoms with van der Waals surface area (Å²) in [6, 6.07) is 23.6. The minimum atomic E-state index is -4.01. The molecule has 0 fully saturated rings. The van der Waals surface area contributed by atoms with Crippen LogP contribution < -0.4 is 15.0 Å². The third-order valence-electron chi connectivity index (χ3n) is 7.67. The molecule has 0 saturated carbocycles. The molecule has 1 unspecified atom stereocenters. The van der Waals surface area contributed by atoms with Crippen LogP contribution in [0.3, 0.4) is 0 Å². The SMILES string of the molecule is Cc1cc(-c2cc(F)c(=O)n(Cc3ccc4c(c3)OCO4)c2)nc(S(=O)(=O)CCC(Cc2ccccc2F)c2ccccc2)n1. The van der Waals surface area contributed by atoms with Crippen LogP contribution in [-0.4, -0.2) is 35.5 Å². The van der Waals surface area contributed by atoms with Crippen molar-refractivity contribution in [3.63, 3.8) is 0 Å². The van der Waals surface area contributed by atoms with Crippen molar-refractivity contribution in [3.05, 3.63) is 135 Å². The summed E-state index contributed by atoms with van der Waals surface area (Å²) < 4.78 is 68.5. The molecule has 5 aromatic rings. The Bertz CT molecular complexity index is 2030. The number of aromatic nitrogens is 3. The zero-order valence-electron chi connectivity index (χ0n) is 24.3. The average Bonchev–Trinajstić information content (AvgIpc) is 3.50. The number of nitrogens with zero attached hydrogens (tertiary/aromatic N) is 3. The van der Waals surface area contributed by atoms with E-state index in [1.165, 1.54) is 22.9 Å². The van der Waals surface area contributed by atoms with Crippen LogP contribution in [0.15, 0.2) is 101 Å². The number of rotatable bonds is 10. The van der Waals surface area contributed by atoms with Gasteiger partial charge in [-0.3, -0.25) is 4.79 Å². The van der Waals surface area contributed by atoms with Gasteiger partial charge in [0.25, 0.3) is 5.56 Å². The van der Waals surface area contributed by atoms with Crippen molar-refractivity contribution in [1.29, 1.82) is 0 Å². The Morgan fingerprint density at radius 2 is 1.64 bits per heavy atom. The van der Waals surface area contributed by atoms with Gasteiger partial charge in [0.2, 0.25) is 21.8 Å². The van der Waals surface area contributed by atoms with E-state index in [0.29, 0.717) is 34.7 Å². The maximum atomic E-state index is 14.9. The van der Waals surface area contributed by atoms with Gasteiger partial charge in [-0.25, -0.2) is 27.2 Å². The molecule has 11 heteroatoms. The Morgan fingerprint density at radius 1 is 0.889 bits per heavy atom. The van der Waals surface area contributed by atoms with Crippen molar-refractivity contribution in [2.24, 2.45) is 0 Å². The molecule has 45 heavy (non-hydrogen) atoms. The predicted molar refractivity (Wildman–Crippen MR) is 164 cm³/mol. The van der Waals surface area contributed by atoms with Gasteiger partial charge < -0.3 is 14.0 Å². The lowest BCUT2D eigenvalue weighted by atomic mass is 9.90. The van der Waals surface area contributed by atoms with Gasteiger partial charge in [-0.2, -0.15) is 0 Å². The molecule has 3 heterocycles. The number of hydrogen-bond donors (Lipinski definition) is 0. The highest BCUT2D eigenvalue weighted by molar-refractivity contribution is 7.91. The second-order valence-corrected chi connectivity index (χ2v) is 12.9. The zero-order valence-corrected chi connectivity index (χ0v) is 25.1. The molecule has 230 valence electrons. The van der Waals surface area contributed by atoms with Crippen LogP contribution in [0, 0.1) is 18.6 Å². The maximum Gasteiger partial charge on any atom is 0.286 e. The minimum absolute atomic E-state index is 0.0400. The van der Waals surface area contributed by atoms with Crippen LogP contribution in [0.25, 0.3) is 11.3 Å². The molecule has 0 N–H and O–H groups in total. The molecule has 0 saturated heterocycles. The molecular weight excluding hydrogens is 600 g/mol. The summed E-state index contributed by atoms with van der Waals surface area (Å²) in [5.41, 5.74) is 1.97. The monoisotopic (exact) mass is 629 g/mol. The Kier molecular flexibility index (Phi) is 8.44. The smallest absolute Gasteiger partial charge is 0.286 e. The summed E-state index contributed by atoms with van der Waals surface area (Å²) in [6.07, 6.45) is 1.95. The first-order valence-electron chi connectivity index (χ1n) is 14.3. The van der Waals surface area contributed by atoms with E-state index in [0.717, 1.165) is 11.6 Å². The molecule has 1 aliphatic heterocycles. The highest BCUT2D eigenvalue weighted by Crippen LogP contribution is 2.33. The summed E-state index contributed by atoms with van der Waals surface area (Å²) in [7, 11) is -4.01. The summed E-state index contributed by atoms with van der Waals surface area (Å²) in [5.74, 6) is -0.814. The quantitative estimate of drug-likeness (QED) is 0.179. The number of benzene rings is 3. The molecule has 6 rings (SSSR count). The van der Waals surface area contributed by atoms with E-state index >= 15 is 0 Å². The van der Waals surface area contributed by atoms with Crippen LogP contribution in [0.1, 0.15) is 34.7 Å². The number of aryl methyl sites for hydroxylation is 1. The number of pyridine rings is 1. The fraction of sp³-hybridized carbons (Fsp3) is 0.206. The van der Waals surface area contributed by atoms with Crippen molar-refractivity contribution in [2.75, 3.05) is 12.5 Å². The average molecular weight is 630 g/mol. The lowest BCUT2D eigenvalue weighted by molar-refractivity contribution is 0.174. The van der Waals surface area contributed by atoms with E-state index < -0.39 is 26.4 Å². The second kappa shape index (κ2) is 12.6. The van der Waals surface area contributed by atoms with E-state index in [4.69, 9.17) is 9.47 Å². The van der Waals surface area contributed by atoms with Gasteiger partial charge in [0, 0.05) is 17.5 Å². The third-order valence-corrected chi connectivity index (χ3v) is 9.18. The van der Waals surface area contributed by atoms with Crippen LogP contribution >= 0.6 is 0 Å². The van der Waals surface area contributed by atoms with E-state index in [9.17, 15) is 22.0 Å². The summed E-state index contributed by atoms with van der Waals surface area (Å²) in [4.78, 5) is 21.2. The fourth-order valence-electron chi connectivity index (χ4n) is 5.35. The van der Waals surface area contributed by atoms with Gasteiger partial charge in [-0.05, 0) is 72.7 Å². The lowest BCUT2D eigenvalue weighted by Crippen LogP contribution is -2.23. The van der Waals surface area contributed by atoms with Crippen LogP contribution in [0.4, 0.5) is 8.78 Å². The Labute approximate surface area is 258 Å². The van der Waals surface area contributed by atoms with Crippen LogP contribution in [0.5, 0.6) is 11.5 Å². The van der Waals surface area contributed by atoms with Gasteiger partial charge >= 0.3 is 0 Å². The van der Waals surface area contributed by atoms with Crippen molar-refractivity contribution in [3.8, 4) is 22.8 Å². The predicted octanol–water partition coefficient (Wildman–Crippen LogP) is 5.86. The van der Waals surface area contributed by atoms with Gasteiger partial charge in [0.1, 0.15) is 5.82 Å². The molecular formula is C34H29F2N3O5S. The molecule has 0 amide bonds. The van der Waals surface area contributed by atoms with Gasteiger partial charge in [0.05, 0.1) is 18.0 Å². The summed E-state index contributed by atoms with van der Waals surface area (Å²) in [5, 5.41) is -0.399. The largest absolute Gasteiger partial charge is 0.454 e. The van der Waals surface area contributed by atoms with E-state index in [2.05, 4.69) is 9.97 Å². The molecule has 0 radical (unpaired) electrons. The van der Waals surface area contributed by atoms with Gasteiger partial charge in [-0.1, -0.05) is 54.6 Å². The molecule has 2 aromatic heterocycles. The van der Waals surface area contributed by atoms with Crippen LogP contribution in [0.2, 0.25) is 0 Å². The molecule has 3 aromatic carbocycles. The minimum Gasteiger partial charge on any atom is -0.454 e. The standard InChI is InChI=1S/C34H29F2N3O5S/c1-22-15-30(27-18-29(36)33(40)39(20-27)19-23-11-12-31-32(16-23)44-21-43-31)38-34(37-22)45(41,42)14-13-25(24-7-3-2-4-8-24)17-26-9-5-6-10-28(26)35/h2-12,15-16,18,20,25H,13-14,17,19,21H2,1H3. The molecule has 8 nitrogen and oxygen atoms in total. The first-order chi connectivity index (χ1) is 21.7. The Hall–Kier alpha value is -4.90. The maximum absolute atomic E-state index is 14.9. The second-order valence-electron chi connectivity index (χ2n) is 10.9. The van der Waals surface area contributed by atoms with Crippen molar-refractivity contribution in [2.45, 2.75) is 37.4 Å².